The largest absolute Gasteiger partial charge is 0.444 e. The highest BCUT2D eigenvalue weighted by atomic mass is 16.6. The second kappa shape index (κ2) is 6.12. The van der Waals surface area contributed by atoms with Crippen LogP contribution in [0.25, 0.3) is 0 Å². The maximum absolute atomic E-state index is 12.2. The number of nitrogens with one attached hydrogen (secondary N) is 1. The molecule has 0 aromatic rings. The standard InChI is InChI=1S/C14H23N3O5/c1-14(2,3)22-13(20)16-8-6-10(16)11(18)15-9-5-4-7-17(21)12(9)19/h9-10,21H,4-8H2,1-3H3,(H,15,18)/t9?,10-/m1/s1. The predicted octanol–water partition coefficient (Wildman–Crippen LogP) is 0.492. The first-order chi connectivity index (χ1) is 10.2. The van der Waals surface area contributed by atoms with Gasteiger partial charge in [0.15, 0.2) is 0 Å². The Morgan fingerprint density at radius 2 is 1.95 bits per heavy atom. The molecule has 3 amide bonds. The van der Waals surface area contributed by atoms with Crippen molar-refractivity contribution in [1.82, 2.24) is 15.3 Å². The third kappa shape index (κ3) is 3.68. The Bertz CT molecular complexity index is 474. The quantitative estimate of drug-likeness (QED) is 0.723. The van der Waals surface area contributed by atoms with E-state index in [9.17, 15) is 19.6 Å². The Labute approximate surface area is 129 Å². The van der Waals surface area contributed by atoms with Crippen LogP contribution in [0.3, 0.4) is 0 Å². The molecule has 0 saturated carbocycles. The fourth-order valence-electron chi connectivity index (χ4n) is 2.46. The summed E-state index contributed by atoms with van der Waals surface area (Å²) in [5.41, 5.74) is -0.621. The fraction of sp³-hybridized carbons (Fsp3) is 0.786. The van der Waals surface area contributed by atoms with Crippen LogP contribution in [0, 0.1) is 0 Å². The van der Waals surface area contributed by atoms with Crippen LogP contribution in [0.4, 0.5) is 4.79 Å². The van der Waals surface area contributed by atoms with Crippen LogP contribution in [0.1, 0.15) is 40.0 Å². The molecule has 2 saturated heterocycles. The zero-order valence-corrected chi connectivity index (χ0v) is 13.2. The summed E-state index contributed by atoms with van der Waals surface area (Å²) in [5.74, 6) is -0.895. The van der Waals surface area contributed by atoms with Crippen molar-refractivity contribution in [1.29, 1.82) is 0 Å². The summed E-state index contributed by atoms with van der Waals surface area (Å²) >= 11 is 0. The number of rotatable bonds is 2. The molecule has 0 radical (unpaired) electrons. The van der Waals surface area contributed by atoms with Crippen molar-refractivity contribution in [3.8, 4) is 0 Å². The molecular weight excluding hydrogens is 290 g/mol. The Kier molecular flexibility index (Phi) is 4.60. The summed E-state index contributed by atoms with van der Waals surface area (Å²) in [6.07, 6.45) is 1.11. The van der Waals surface area contributed by atoms with Gasteiger partial charge in [-0.05, 0) is 40.0 Å². The van der Waals surface area contributed by atoms with E-state index in [-0.39, 0.29) is 12.5 Å². The molecular formula is C14H23N3O5. The third-order valence-corrected chi connectivity index (χ3v) is 3.68. The fourth-order valence-corrected chi connectivity index (χ4v) is 2.46. The molecule has 2 rings (SSSR count). The number of amides is 3. The molecule has 2 aliphatic heterocycles. The van der Waals surface area contributed by atoms with Gasteiger partial charge in [-0.2, -0.15) is 0 Å². The molecule has 0 bridgehead atoms. The molecule has 2 atom stereocenters. The number of ether oxygens (including phenoxy) is 1. The van der Waals surface area contributed by atoms with Crippen molar-refractivity contribution in [2.24, 2.45) is 0 Å². The molecule has 2 fully saturated rings. The smallest absolute Gasteiger partial charge is 0.410 e. The number of hydrogen-bond donors (Lipinski definition) is 2. The monoisotopic (exact) mass is 313 g/mol. The Hall–Kier alpha value is -1.83. The maximum Gasteiger partial charge on any atom is 0.410 e. The normalized spacial score (nSPS) is 25.5. The summed E-state index contributed by atoms with van der Waals surface area (Å²) in [4.78, 5) is 37.3. The van der Waals surface area contributed by atoms with Gasteiger partial charge >= 0.3 is 6.09 Å². The summed E-state index contributed by atoms with van der Waals surface area (Å²) in [6.45, 7) is 6.01. The minimum absolute atomic E-state index is 0.276. The number of nitrogens with zero attached hydrogens (tertiary/aromatic N) is 2. The van der Waals surface area contributed by atoms with Gasteiger partial charge in [0, 0.05) is 13.1 Å². The second-order valence-corrected chi connectivity index (χ2v) is 6.64. The number of hydrogen-bond acceptors (Lipinski definition) is 5. The molecule has 0 aromatic heterocycles. The molecule has 1 unspecified atom stereocenters. The first-order valence-electron chi connectivity index (χ1n) is 7.49. The van der Waals surface area contributed by atoms with Gasteiger partial charge in [0.05, 0.1) is 0 Å². The highest BCUT2D eigenvalue weighted by Crippen LogP contribution is 2.22. The minimum Gasteiger partial charge on any atom is -0.444 e. The summed E-state index contributed by atoms with van der Waals surface area (Å²) in [5, 5.41) is 12.6. The van der Waals surface area contributed by atoms with Gasteiger partial charge in [0.1, 0.15) is 17.7 Å². The minimum atomic E-state index is -0.729. The van der Waals surface area contributed by atoms with E-state index in [1.807, 2.05) is 0 Å². The van der Waals surface area contributed by atoms with E-state index in [1.54, 1.807) is 20.8 Å². The van der Waals surface area contributed by atoms with E-state index in [2.05, 4.69) is 5.32 Å². The van der Waals surface area contributed by atoms with Gasteiger partial charge in [0.25, 0.3) is 5.91 Å². The SMILES string of the molecule is CC(C)(C)OC(=O)N1CC[C@@H]1C(=O)NC1CCCN(O)C1=O. The lowest BCUT2D eigenvalue weighted by molar-refractivity contribution is -0.173. The highest BCUT2D eigenvalue weighted by molar-refractivity contribution is 5.92. The predicted molar refractivity (Wildman–Crippen MR) is 76.0 cm³/mol. The van der Waals surface area contributed by atoms with Crippen LogP contribution in [0.5, 0.6) is 0 Å². The molecule has 8 heteroatoms. The van der Waals surface area contributed by atoms with Crippen LogP contribution in [-0.2, 0) is 14.3 Å². The van der Waals surface area contributed by atoms with E-state index in [4.69, 9.17) is 4.74 Å². The summed E-state index contributed by atoms with van der Waals surface area (Å²) in [7, 11) is 0. The molecule has 8 nitrogen and oxygen atoms in total. The Balaban J connectivity index is 1.90. The van der Waals surface area contributed by atoms with Gasteiger partial charge in [-0.25, -0.2) is 9.86 Å². The topological polar surface area (TPSA) is 99.2 Å². The van der Waals surface area contributed by atoms with Crippen molar-refractivity contribution in [3.63, 3.8) is 0 Å². The number of carbonyl (C=O) groups is 3. The highest BCUT2D eigenvalue weighted by Gasteiger charge is 2.41. The van der Waals surface area contributed by atoms with Gasteiger partial charge in [0.2, 0.25) is 5.91 Å². The van der Waals surface area contributed by atoms with Crippen LogP contribution in [0.15, 0.2) is 0 Å². The van der Waals surface area contributed by atoms with Crippen LogP contribution in [0.2, 0.25) is 0 Å². The van der Waals surface area contributed by atoms with Crippen LogP contribution in [-0.4, -0.2) is 63.9 Å². The third-order valence-electron chi connectivity index (χ3n) is 3.68. The van der Waals surface area contributed by atoms with E-state index in [1.165, 1.54) is 4.90 Å². The second-order valence-electron chi connectivity index (χ2n) is 6.64. The number of hydroxylamine groups is 2. The van der Waals surface area contributed by atoms with Gasteiger partial charge in [-0.15, -0.1) is 0 Å². The van der Waals surface area contributed by atoms with Crippen molar-refractivity contribution >= 4 is 17.9 Å². The van der Waals surface area contributed by atoms with Gasteiger partial charge < -0.3 is 10.1 Å². The van der Waals surface area contributed by atoms with E-state index in [0.717, 1.165) is 0 Å². The van der Waals surface area contributed by atoms with Crippen LogP contribution < -0.4 is 5.32 Å². The van der Waals surface area contributed by atoms with E-state index >= 15 is 0 Å². The molecule has 2 heterocycles. The average Bonchev–Trinajstić information content (AvgIpc) is 2.31. The van der Waals surface area contributed by atoms with Crippen molar-refractivity contribution in [2.45, 2.75) is 57.7 Å². The van der Waals surface area contributed by atoms with Crippen LogP contribution >= 0.6 is 0 Å². The zero-order chi connectivity index (χ0) is 16.5. The maximum atomic E-state index is 12.2. The first kappa shape index (κ1) is 16.5. The number of likely N-dealkylation sites (tertiary alicyclic amines) is 1. The molecule has 0 aromatic carbocycles. The molecule has 0 spiro atoms. The van der Waals surface area contributed by atoms with E-state index < -0.39 is 29.7 Å². The Morgan fingerprint density at radius 3 is 2.50 bits per heavy atom. The number of carbonyl (C=O) groups excluding carboxylic acids is 3. The lowest BCUT2D eigenvalue weighted by atomic mass is 10.0. The molecule has 2 aliphatic rings. The summed E-state index contributed by atoms with van der Waals surface area (Å²) < 4.78 is 5.24. The molecule has 22 heavy (non-hydrogen) atoms. The molecule has 0 aliphatic carbocycles. The molecule has 124 valence electrons. The lowest BCUT2D eigenvalue weighted by Crippen LogP contribution is -2.62. The van der Waals surface area contributed by atoms with E-state index in [0.29, 0.717) is 30.9 Å². The van der Waals surface area contributed by atoms with Crippen molar-refractivity contribution in [2.75, 3.05) is 13.1 Å². The van der Waals surface area contributed by atoms with Crippen molar-refractivity contribution < 1.29 is 24.3 Å². The number of piperidine rings is 1. The van der Waals surface area contributed by atoms with Gasteiger partial charge in [-0.3, -0.25) is 19.7 Å². The summed E-state index contributed by atoms with van der Waals surface area (Å²) in [6, 6.07) is -1.34. The Morgan fingerprint density at radius 1 is 1.27 bits per heavy atom. The average molecular weight is 313 g/mol. The van der Waals surface area contributed by atoms with Gasteiger partial charge in [-0.1, -0.05) is 0 Å². The first-order valence-corrected chi connectivity index (χ1v) is 7.49. The molecule has 2 N–H and O–H groups in total. The lowest BCUT2D eigenvalue weighted by Gasteiger charge is -2.41. The zero-order valence-electron chi connectivity index (χ0n) is 13.2. The van der Waals surface area contributed by atoms with Crippen molar-refractivity contribution in [3.05, 3.63) is 0 Å².